The van der Waals surface area contributed by atoms with Gasteiger partial charge in [-0.1, -0.05) is 44.2 Å². The van der Waals surface area contributed by atoms with Crippen LogP contribution >= 0.6 is 11.8 Å². The minimum atomic E-state index is 0.0441. The average molecular weight is 295 g/mol. The highest BCUT2D eigenvalue weighted by Crippen LogP contribution is 2.20. The van der Waals surface area contributed by atoms with E-state index in [0.717, 1.165) is 18.6 Å². The number of hydrogen-bond donors (Lipinski definition) is 2. The van der Waals surface area contributed by atoms with E-state index < -0.39 is 0 Å². The van der Waals surface area contributed by atoms with Crippen LogP contribution in [0.5, 0.6) is 0 Å². The summed E-state index contributed by atoms with van der Waals surface area (Å²) in [6.07, 6.45) is 1.70. The summed E-state index contributed by atoms with van der Waals surface area (Å²) < 4.78 is 0. The summed E-state index contributed by atoms with van der Waals surface area (Å²) in [7, 11) is 0. The lowest BCUT2D eigenvalue weighted by Crippen LogP contribution is -2.35. The van der Waals surface area contributed by atoms with Crippen LogP contribution in [-0.2, 0) is 10.5 Å². The highest BCUT2D eigenvalue weighted by Gasteiger charge is 2.18. The lowest BCUT2D eigenvalue weighted by atomic mass is 9.88. The topological polar surface area (TPSA) is 49.3 Å². The zero-order valence-electron chi connectivity index (χ0n) is 12.4. The number of carbonyl (C=O) groups is 1. The molecule has 0 saturated heterocycles. The number of aliphatic hydroxyl groups is 1. The summed E-state index contributed by atoms with van der Waals surface area (Å²) in [4.78, 5) is 11.8. The number of thioether (sulfide) groups is 1. The van der Waals surface area contributed by atoms with Crippen LogP contribution in [0.4, 0.5) is 0 Å². The fourth-order valence-electron chi connectivity index (χ4n) is 1.87. The van der Waals surface area contributed by atoms with E-state index in [9.17, 15) is 4.79 Å². The Morgan fingerprint density at radius 2 is 2.00 bits per heavy atom. The molecule has 0 saturated carbocycles. The Morgan fingerprint density at radius 1 is 1.30 bits per heavy atom. The average Bonchev–Trinajstić information content (AvgIpc) is 2.44. The smallest absolute Gasteiger partial charge is 0.230 e. The normalized spacial score (nSPS) is 11.3. The molecule has 0 heterocycles. The lowest BCUT2D eigenvalue weighted by Gasteiger charge is -2.24. The molecule has 20 heavy (non-hydrogen) atoms. The van der Waals surface area contributed by atoms with Crippen LogP contribution in [-0.4, -0.2) is 29.9 Å². The van der Waals surface area contributed by atoms with Gasteiger partial charge in [0.2, 0.25) is 5.91 Å². The molecule has 0 spiro atoms. The molecular formula is C16H25NO2S. The Hall–Kier alpha value is -1.00. The second-order valence-corrected chi connectivity index (χ2v) is 6.73. The van der Waals surface area contributed by atoms with Gasteiger partial charge in [-0.3, -0.25) is 4.79 Å². The number of benzene rings is 1. The second kappa shape index (κ2) is 9.03. The molecule has 3 nitrogen and oxygen atoms in total. The van der Waals surface area contributed by atoms with Crippen LogP contribution in [0.2, 0.25) is 0 Å². The Labute approximate surface area is 126 Å². The van der Waals surface area contributed by atoms with E-state index >= 15 is 0 Å². The first-order valence-electron chi connectivity index (χ1n) is 7.03. The molecular weight excluding hydrogens is 270 g/mol. The molecule has 0 unspecified atom stereocenters. The van der Waals surface area contributed by atoms with Crippen LogP contribution in [0.3, 0.4) is 0 Å². The number of nitrogens with one attached hydrogen (secondary N) is 1. The first kappa shape index (κ1) is 17.1. The first-order valence-corrected chi connectivity index (χ1v) is 8.18. The fourth-order valence-corrected chi connectivity index (χ4v) is 2.69. The van der Waals surface area contributed by atoms with Crippen LogP contribution in [0.1, 0.15) is 32.3 Å². The van der Waals surface area contributed by atoms with Crippen LogP contribution in [0.15, 0.2) is 30.3 Å². The molecule has 1 rings (SSSR count). The van der Waals surface area contributed by atoms with Crippen molar-refractivity contribution in [1.29, 1.82) is 0 Å². The zero-order valence-corrected chi connectivity index (χ0v) is 13.2. The maximum Gasteiger partial charge on any atom is 0.230 e. The van der Waals surface area contributed by atoms with Gasteiger partial charge in [-0.15, -0.1) is 11.8 Å². The number of amides is 1. The molecule has 2 N–H and O–H groups in total. The molecule has 0 radical (unpaired) electrons. The number of rotatable bonds is 9. The van der Waals surface area contributed by atoms with E-state index in [1.54, 1.807) is 11.8 Å². The quantitative estimate of drug-likeness (QED) is 0.736. The lowest BCUT2D eigenvalue weighted by molar-refractivity contribution is -0.119. The predicted molar refractivity (Wildman–Crippen MR) is 85.7 cm³/mol. The van der Waals surface area contributed by atoms with Crippen LogP contribution in [0.25, 0.3) is 0 Å². The molecule has 1 aromatic carbocycles. The van der Waals surface area contributed by atoms with Gasteiger partial charge < -0.3 is 10.4 Å². The molecule has 112 valence electrons. The van der Waals surface area contributed by atoms with Crippen molar-refractivity contribution in [3.05, 3.63) is 35.9 Å². The number of carbonyl (C=O) groups excluding carboxylic acids is 1. The summed E-state index contributed by atoms with van der Waals surface area (Å²) in [6, 6.07) is 10.2. The summed E-state index contributed by atoms with van der Waals surface area (Å²) in [5.74, 6) is 1.44. The summed E-state index contributed by atoms with van der Waals surface area (Å²) in [5.41, 5.74) is 1.29. The van der Waals surface area contributed by atoms with Crippen molar-refractivity contribution in [2.24, 2.45) is 5.41 Å². The van der Waals surface area contributed by atoms with Crippen molar-refractivity contribution >= 4 is 17.7 Å². The minimum Gasteiger partial charge on any atom is -0.396 e. The Balaban J connectivity index is 2.17. The molecule has 1 aromatic rings. The first-order chi connectivity index (χ1) is 9.53. The predicted octanol–water partition coefficient (Wildman–Crippen LogP) is 2.83. The fraction of sp³-hybridized carbons (Fsp3) is 0.562. The van der Waals surface area contributed by atoms with Crippen molar-refractivity contribution in [3.8, 4) is 0 Å². The summed E-state index contributed by atoms with van der Waals surface area (Å²) in [5, 5.41) is 11.8. The van der Waals surface area contributed by atoms with E-state index in [4.69, 9.17) is 5.11 Å². The highest BCUT2D eigenvalue weighted by atomic mass is 32.2. The Morgan fingerprint density at radius 3 is 2.65 bits per heavy atom. The third-order valence-electron chi connectivity index (χ3n) is 3.12. The number of aliphatic hydroxyl groups excluding tert-OH is 1. The van der Waals surface area contributed by atoms with Crippen molar-refractivity contribution in [3.63, 3.8) is 0 Å². The largest absolute Gasteiger partial charge is 0.396 e. The van der Waals surface area contributed by atoms with Crippen molar-refractivity contribution in [2.45, 2.75) is 32.4 Å². The van der Waals surface area contributed by atoms with Crippen molar-refractivity contribution in [2.75, 3.05) is 18.9 Å². The van der Waals surface area contributed by atoms with Gasteiger partial charge in [0.05, 0.1) is 5.75 Å². The van der Waals surface area contributed by atoms with E-state index in [1.165, 1.54) is 5.56 Å². The Bertz CT molecular complexity index is 393. The van der Waals surface area contributed by atoms with Gasteiger partial charge in [-0.25, -0.2) is 0 Å². The third-order valence-corrected chi connectivity index (χ3v) is 4.12. The molecule has 0 atom stereocenters. The van der Waals surface area contributed by atoms with Gasteiger partial charge in [0, 0.05) is 18.9 Å². The van der Waals surface area contributed by atoms with Crippen LogP contribution < -0.4 is 5.32 Å². The SMILES string of the molecule is CC(C)(CCCO)CNC(=O)CSCc1ccccc1. The molecule has 0 aliphatic carbocycles. The Kier molecular flexibility index (Phi) is 7.70. The van der Waals surface area contributed by atoms with Gasteiger partial charge in [0.25, 0.3) is 0 Å². The van der Waals surface area contributed by atoms with E-state index in [1.807, 2.05) is 18.2 Å². The minimum absolute atomic E-state index is 0.0441. The van der Waals surface area contributed by atoms with Gasteiger partial charge in [0.1, 0.15) is 0 Å². The van der Waals surface area contributed by atoms with Gasteiger partial charge in [-0.05, 0) is 23.8 Å². The van der Waals surface area contributed by atoms with Gasteiger partial charge >= 0.3 is 0 Å². The molecule has 0 aliphatic heterocycles. The number of hydrogen-bond acceptors (Lipinski definition) is 3. The summed E-state index contributed by atoms with van der Waals surface area (Å²) in [6.45, 7) is 5.10. The van der Waals surface area contributed by atoms with Gasteiger partial charge in [0.15, 0.2) is 0 Å². The molecule has 0 aliphatic rings. The molecule has 0 aromatic heterocycles. The maximum absolute atomic E-state index is 11.8. The highest BCUT2D eigenvalue weighted by molar-refractivity contribution is 7.99. The summed E-state index contributed by atoms with van der Waals surface area (Å²) >= 11 is 1.63. The van der Waals surface area contributed by atoms with Crippen molar-refractivity contribution in [1.82, 2.24) is 5.32 Å². The zero-order chi connectivity index (χ0) is 14.8. The second-order valence-electron chi connectivity index (χ2n) is 5.75. The van der Waals surface area contributed by atoms with Crippen LogP contribution in [0, 0.1) is 5.41 Å². The van der Waals surface area contributed by atoms with Crippen molar-refractivity contribution < 1.29 is 9.90 Å². The standard InChI is InChI=1S/C16H25NO2S/c1-16(2,9-6-10-18)13-17-15(19)12-20-11-14-7-4-3-5-8-14/h3-5,7-8,18H,6,9-13H2,1-2H3,(H,17,19). The molecule has 1 amide bonds. The monoisotopic (exact) mass is 295 g/mol. The maximum atomic E-state index is 11.8. The molecule has 4 heteroatoms. The molecule has 0 bridgehead atoms. The molecule has 0 fully saturated rings. The van der Waals surface area contributed by atoms with E-state index in [0.29, 0.717) is 12.3 Å². The third kappa shape index (κ3) is 7.56. The van der Waals surface area contributed by atoms with E-state index in [-0.39, 0.29) is 17.9 Å². The van der Waals surface area contributed by atoms with E-state index in [2.05, 4.69) is 31.3 Å². The van der Waals surface area contributed by atoms with Gasteiger partial charge in [-0.2, -0.15) is 0 Å².